The van der Waals surface area contributed by atoms with Crippen LogP contribution in [0, 0.1) is 15.9 Å². The third-order valence-electron chi connectivity index (χ3n) is 4.11. The molecule has 1 aliphatic heterocycles. The van der Waals surface area contributed by atoms with Gasteiger partial charge in [0, 0.05) is 42.8 Å². The van der Waals surface area contributed by atoms with E-state index >= 15 is 0 Å². The number of carbonyl (C=O) groups is 1. The van der Waals surface area contributed by atoms with Crippen LogP contribution in [0.1, 0.15) is 33.3 Å². The van der Waals surface area contributed by atoms with Crippen LogP contribution in [-0.2, 0) is 11.3 Å². The number of rotatable bonds is 3. The minimum absolute atomic E-state index is 0.0516. The first kappa shape index (κ1) is 20.6. The molecule has 0 saturated carbocycles. The van der Waals surface area contributed by atoms with Crippen molar-refractivity contribution in [3.63, 3.8) is 0 Å². The fraction of sp³-hybridized carbons (Fsp3) is 0.588. The Morgan fingerprint density at radius 3 is 2.62 bits per heavy atom. The number of hydrogen-bond donors (Lipinski definition) is 0. The molecule has 9 heteroatoms. The van der Waals surface area contributed by atoms with Crippen LogP contribution >= 0.6 is 15.9 Å². The second-order valence-corrected chi connectivity index (χ2v) is 8.30. The van der Waals surface area contributed by atoms with Gasteiger partial charge in [-0.05, 0) is 33.8 Å². The van der Waals surface area contributed by atoms with Crippen LogP contribution in [0.15, 0.2) is 16.6 Å². The van der Waals surface area contributed by atoms with Crippen LogP contribution in [-0.4, -0.2) is 52.1 Å². The Hall–Kier alpha value is -1.74. The largest absolute Gasteiger partial charge is 0.444 e. The van der Waals surface area contributed by atoms with Crippen LogP contribution < -0.4 is 0 Å². The fourth-order valence-corrected chi connectivity index (χ4v) is 3.25. The lowest BCUT2D eigenvalue weighted by Gasteiger charge is -2.40. The van der Waals surface area contributed by atoms with Gasteiger partial charge in [0.25, 0.3) is 5.69 Å². The number of piperazine rings is 1. The van der Waals surface area contributed by atoms with Crippen LogP contribution in [0.4, 0.5) is 14.9 Å². The zero-order valence-electron chi connectivity index (χ0n) is 15.3. The summed E-state index contributed by atoms with van der Waals surface area (Å²) in [5.74, 6) is -0.618. The SMILES string of the molecule is C[C@@H]1CN(C(=O)OC(C)(C)C)CCN1Cc1c(F)cc(Br)cc1[N+](=O)[O-]. The fourth-order valence-electron chi connectivity index (χ4n) is 2.83. The third-order valence-corrected chi connectivity index (χ3v) is 4.57. The maximum absolute atomic E-state index is 14.3. The van der Waals surface area contributed by atoms with Crippen LogP contribution in [0.25, 0.3) is 0 Å². The Kier molecular flexibility index (Phi) is 6.23. The Labute approximate surface area is 160 Å². The van der Waals surface area contributed by atoms with Crippen LogP contribution in [0.5, 0.6) is 0 Å². The van der Waals surface area contributed by atoms with E-state index in [-0.39, 0.29) is 29.9 Å². The molecular formula is C17H23BrFN3O4. The van der Waals surface area contributed by atoms with Crippen molar-refractivity contribution >= 4 is 27.7 Å². The summed E-state index contributed by atoms with van der Waals surface area (Å²) in [4.78, 5) is 26.4. The van der Waals surface area contributed by atoms with Gasteiger partial charge in [-0.2, -0.15) is 0 Å². The van der Waals surface area contributed by atoms with E-state index in [0.717, 1.165) is 0 Å². The molecule has 26 heavy (non-hydrogen) atoms. The average molecular weight is 432 g/mol. The molecule has 0 spiro atoms. The highest BCUT2D eigenvalue weighted by Gasteiger charge is 2.31. The second kappa shape index (κ2) is 7.87. The van der Waals surface area contributed by atoms with E-state index in [4.69, 9.17) is 4.74 Å². The van der Waals surface area contributed by atoms with Gasteiger partial charge in [-0.25, -0.2) is 9.18 Å². The zero-order valence-corrected chi connectivity index (χ0v) is 16.9. The van der Waals surface area contributed by atoms with E-state index in [9.17, 15) is 19.3 Å². The molecule has 0 N–H and O–H groups in total. The van der Waals surface area contributed by atoms with Crippen molar-refractivity contribution in [1.29, 1.82) is 0 Å². The van der Waals surface area contributed by atoms with Crippen LogP contribution in [0.2, 0.25) is 0 Å². The van der Waals surface area contributed by atoms with Crippen molar-refractivity contribution in [3.05, 3.63) is 38.1 Å². The molecule has 0 radical (unpaired) electrons. The van der Waals surface area contributed by atoms with Gasteiger partial charge in [-0.15, -0.1) is 0 Å². The number of hydrogen-bond acceptors (Lipinski definition) is 5. The van der Waals surface area contributed by atoms with E-state index in [1.54, 1.807) is 25.7 Å². The highest BCUT2D eigenvalue weighted by atomic mass is 79.9. The number of carbonyl (C=O) groups excluding carboxylic acids is 1. The molecule has 1 saturated heterocycles. The lowest BCUT2D eigenvalue weighted by Crippen LogP contribution is -2.54. The molecule has 1 aromatic rings. The third kappa shape index (κ3) is 5.14. The molecule has 144 valence electrons. The average Bonchev–Trinajstić information content (AvgIpc) is 2.49. The first-order chi connectivity index (χ1) is 12.0. The van der Waals surface area contributed by atoms with Gasteiger partial charge in [0.05, 0.1) is 10.5 Å². The lowest BCUT2D eigenvalue weighted by atomic mass is 10.1. The number of ether oxygens (including phenoxy) is 1. The number of halogens is 2. The van der Waals surface area contributed by atoms with Crippen molar-refractivity contribution in [3.8, 4) is 0 Å². The number of nitro benzene ring substituents is 1. The van der Waals surface area contributed by atoms with Gasteiger partial charge < -0.3 is 9.64 Å². The monoisotopic (exact) mass is 431 g/mol. The Balaban J connectivity index is 2.10. The van der Waals surface area contributed by atoms with E-state index < -0.39 is 16.3 Å². The highest BCUT2D eigenvalue weighted by Crippen LogP contribution is 2.29. The van der Waals surface area contributed by atoms with E-state index in [0.29, 0.717) is 24.1 Å². The summed E-state index contributed by atoms with van der Waals surface area (Å²) in [6, 6.07) is 2.45. The number of nitrogens with zero attached hydrogens (tertiary/aromatic N) is 3. The van der Waals surface area contributed by atoms with E-state index in [1.165, 1.54) is 12.1 Å². The first-order valence-corrected chi connectivity index (χ1v) is 9.11. The summed E-state index contributed by atoms with van der Waals surface area (Å²) in [7, 11) is 0. The van der Waals surface area contributed by atoms with Gasteiger partial charge in [-0.3, -0.25) is 15.0 Å². The lowest BCUT2D eigenvalue weighted by molar-refractivity contribution is -0.386. The highest BCUT2D eigenvalue weighted by molar-refractivity contribution is 9.10. The molecule has 1 amide bonds. The summed E-state index contributed by atoms with van der Waals surface area (Å²) in [5.41, 5.74) is -0.770. The Morgan fingerprint density at radius 1 is 1.42 bits per heavy atom. The summed E-state index contributed by atoms with van der Waals surface area (Å²) in [6.07, 6.45) is -0.384. The maximum Gasteiger partial charge on any atom is 0.410 e. The predicted octanol–water partition coefficient (Wildman–Crippen LogP) is 3.94. The number of benzene rings is 1. The van der Waals surface area contributed by atoms with Gasteiger partial charge in [-0.1, -0.05) is 15.9 Å². The Morgan fingerprint density at radius 2 is 2.08 bits per heavy atom. The molecule has 1 heterocycles. The number of amides is 1. The molecule has 1 atom stereocenters. The summed E-state index contributed by atoms with van der Waals surface area (Å²) in [5, 5.41) is 11.3. The normalized spacial score (nSPS) is 18.7. The molecule has 2 rings (SSSR count). The smallest absolute Gasteiger partial charge is 0.410 e. The standard InChI is InChI=1S/C17H23BrFN3O4/c1-11-9-21(16(23)26-17(2,3)4)6-5-20(11)10-13-14(19)7-12(18)8-15(13)22(24)25/h7-8,11H,5-6,9-10H2,1-4H3/t11-/m1/s1. The second-order valence-electron chi connectivity index (χ2n) is 7.39. The topological polar surface area (TPSA) is 75.9 Å². The maximum atomic E-state index is 14.3. The minimum atomic E-state index is -0.618. The summed E-state index contributed by atoms with van der Waals surface area (Å²) >= 11 is 3.08. The first-order valence-electron chi connectivity index (χ1n) is 8.32. The summed E-state index contributed by atoms with van der Waals surface area (Å²) in [6.45, 7) is 8.75. The zero-order chi connectivity index (χ0) is 19.6. The summed E-state index contributed by atoms with van der Waals surface area (Å²) < 4.78 is 20.0. The predicted molar refractivity (Wildman–Crippen MR) is 98.4 cm³/mol. The van der Waals surface area contributed by atoms with Crippen molar-refractivity contribution in [2.45, 2.75) is 45.9 Å². The molecule has 1 aromatic carbocycles. The minimum Gasteiger partial charge on any atom is -0.444 e. The van der Waals surface area contributed by atoms with Gasteiger partial charge in [0.1, 0.15) is 11.4 Å². The molecule has 0 unspecified atom stereocenters. The molecule has 7 nitrogen and oxygen atoms in total. The molecule has 1 aliphatic rings. The van der Waals surface area contributed by atoms with E-state index in [2.05, 4.69) is 15.9 Å². The van der Waals surface area contributed by atoms with Crippen molar-refractivity contribution in [1.82, 2.24) is 9.80 Å². The van der Waals surface area contributed by atoms with Crippen molar-refractivity contribution in [2.75, 3.05) is 19.6 Å². The molecule has 0 aromatic heterocycles. The van der Waals surface area contributed by atoms with E-state index in [1.807, 2.05) is 11.8 Å². The Bertz CT molecular complexity index is 708. The quantitative estimate of drug-likeness (QED) is 0.534. The van der Waals surface area contributed by atoms with Crippen LogP contribution in [0.3, 0.4) is 0 Å². The van der Waals surface area contributed by atoms with Gasteiger partial charge in [0.15, 0.2) is 0 Å². The van der Waals surface area contributed by atoms with Crippen molar-refractivity contribution in [2.24, 2.45) is 0 Å². The van der Waals surface area contributed by atoms with Crippen molar-refractivity contribution < 1.29 is 18.8 Å². The molecule has 0 bridgehead atoms. The van der Waals surface area contributed by atoms with Gasteiger partial charge in [0.2, 0.25) is 0 Å². The molecule has 1 fully saturated rings. The number of nitro groups is 1. The molecule has 0 aliphatic carbocycles. The molecular weight excluding hydrogens is 409 g/mol. The van der Waals surface area contributed by atoms with Gasteiger partial charge >= 0.3 is 6.09 Å².